The number of imidazole rings is 1. The molecule has 35 heavy (non-hydrogen) atoms. The number of nitrogens with one attached hydrogen (secondary N) is 1. The van der Waals surface area contributed by atoms with Crippen LogP contribution in [0.4, 0.5) is 18.9 Å². The molecule has 1 saturated heterocycles. The number of alkyl halides is 2. The molecule has 4 aromatic rings. The van der Waals surface area contributed by atoms with Gasteiger partial charge in [-0.05, 0) is 41.5 Å². The molecule has 3 heterocycles. The highest BCUT2D eigenvalue weighted by atomic mass is 19.3. The van der Waals surface area contributed by atoms with Gasteiger partial charge in [-0.3, -0.25) is 14.7 Å². The number of anilines is 1. The predicted molar refractivity (Wildman–Crippen MR) is 128 cm³/mol. The van der Waals surface area contributed by atoms with E-state index in [0.29, 0.717) is 28.9 Å². The number of nitrogens with zero attached hydrogens (tertiary/aromatic N) is 4. The Balaban J connectivity index is 1.29. The Kier molecular flexibility index (Phi) is 5.86. The van der Waals surface area contributed by atoms with Crippen LogP contribution in [0.25, 0.3) is 28.2 Å². The minimum Gasteiger partial charge on any atom is -0.334 e. The Bertz CT molecular complexity index is 1420. The van der Waals surface area contributed by atoms with Crippen LogP contribution in [0.2, 0.25) is 0 Å². The van der Waals surface area contributed by atoms with E-state index in [-0.39, 0.29) is 13.1 Å². The third-order valence-corrected chi connectivity index (χ3v) is 5.89. The standard InChI is InChI=1S/C26H22F3N5O/c1-33-16-31-22-8-4-18(10-23(22)33)25-19(11-30-12-21(25)27)5-9-24(35)32-20-6-2-17(3-7-20)13-34-14-26(28,29)15-34/h2-12,16H,13-15H2,1H3,(H,32,35)/b9-5+. The van der Waals surface area contributed by atoms with E-state index in [1.165, 1.54) is 18.3 Å². The molecule has 1 aliphatic rings. The quantitative estimate of drug-likeness (QED) is 0.402. The van der Waals surface area contributed by atoms with Gasteiger partial charge in [0.2, 0.25) is 5.91 Å². The van der Waals surface area contributed by atoms with Crippen molar-refractivity contribution < 1.29 is 18.0 Å². The van der Waals surface area contributed by atoms with E-state index in [0.717, 1.165) is 22.8 Å². The zero-order valence-corrected chi connectivity index (χ0v) is 18.9. The lowest BCUT2D eigenvalue weighted by Gasteiger charge is -2.38. The smallest absolute Gasteiger partial charge is 0.272 e. The SMILES string of the molecule is Cn1cnc2ccc(-c3c(F)cncc3/C=C/C(=O)Nc3ccc(CN4CC(F)(F)C4)cc3)cc21. The maximum atomic E-state index is 14.8. The number of hydrogen-bond acceptors (Lipinski definition) is 4. The summed E-state index contributed by atoms with van der Waals surface area (Å²) in [6.45, 7) is -0.0318. The number of likely N-dealkylation sites (tertiary alicyclic amines) is 1. The highest BCUT2D eigenvalue weighted by molar-refractivity contribution is 6.02. The fraction of sp³-hybridized carbons (Fsp3) is 0.192. The average Bonchev–Trinajstić information content (AvgIpc) is 3.18. The molecule has 6 nitrogen and oxygen atoms in total. The number of hydrogen-bond donors (Lipinski definition) is 1. The first-order valence-electron chi connectivity index (χ1n) is 11.0. The summed E-state index contributed by atoms with van der Waals surface area (Å²) < 4.78 is 42.6. The van der Waals surface area contributed by atoms with Crippen molar-refractivity contribution in [3.05, 3.63) is 84.2 Å². The fourth-order valence-electron chi connectivity index (χ4n) is 4.18. The molecule has 0 saturated carbocycles. The second-order valence-corrected chi connectivity index (χ2v) is 8.67. The number of aryl methyl sites for hydroxylation is 1. The van der Waals surface area contributed by atoms with Crippen LogP contribution in [0.1, 0.15) is 11.1 Å². The number of amides is 1. The average molecular weight is 477 g/mol. The Labute approximate surface area is 199 Å². The summed E-state index contributed by atoms with van der Waals surface area (Å²) in [6, 6.07) is 12.5. The zero-order chi connectivity index (χ0) is 24.6. The van der Waals surface area contributed by atoms with E-state index < -0.39 is 17.6 Å². The Morgan fingerprint density at radius 3 is 2.66 bits per heavy atom. The van der Waals surface area contributed by atoms with Crippen molar-refractivity contribution in [3.63, 3.8) is 0 Å². The van der Waals surface area contributed by atoms with Crippen molar-refractivity contribution in [2.75, 3.05) is 18.4 Å². The van der Waals surface area contributed by atoms with Gasteiger partial charge in [0.25, 0.3) is 5.92 Å². The molecule has 0 unspecified atom stereocenters. The van der Waals surface area contributed by atoms with Crippen LogP contribution in [0.3, 0.4) is 0 Å². The number of carbonyl (C=O) groups excluding carboxylic acids is 1. The van der Waals surface area contributed by atoms with Gasteiger partial charge >= 0.3 is 0 Å². The highest BCUT2D eigenvalue weighted by Crippen LogP contribution is 2.30. The number of pyridine rings is 1. The number of halogens is 3. The number of fused-ring (bicyclic) bond motifs is 1. The van der Waals surface area contributed by atoms with Gasteiger partial charge in [0, 0.05) is 42.7 Å². The van der Waals surface area contributed by atoms with Gasteiger partial charge in [0.1, 0.15) is 5.82 Å². The number of carbonyl (C=O) groups is 1. The van der Waals surface area contributed by atoms with E-state index in [1.54, 1.807) is 41.6 Å². The van der Waals surface area contributed by atoms with Crippen LogP contribution in [-0.2, 0) is 18.4 Å². The first-order valence-corrected chi connectivity index (χ1v) is 11.0. The molecule has 1 fully saturated rings. The van der Waals surface area contributed by atoms with Crippen molar-refractivity contribution in [2.24, 2.45) is 7.05 Å². The molecule has 2 aromatic heterocycles. The third kappa shape index (κ3) is 4.95. The predicted octanol–water partition coefficient (Wildman–Crippen LogP) is 4.88. The molecular weight excluding hydrogens is 455 g/mol. The maximum absolute atomic E-state index is 14.8. The Morgan fingerprint density at radius 2 is 1.91 bits per heavy atom. The van der Waals surface area contributed by atoms with Gasteiger partial charge in [-0.2, -0.15) is 0 Å². The molecule has 9 heteroatoms. The molecule has 0 aliphatic carbocycles. The van der Waals surface area contributed by atoms with Crippen molar-refractivity contribution in [3.8, 4) is 11.1 Å². The summed E-state index contributed by atoms with van der Waals surface area (Å²) in [6.07, 6.45) is 7.18. The van der Waals surface area contributed by atoms with E-state index >= 15 is 0 Å². The second kappa shape index (κ2) is 8.99. The van der Waals surface area contributed by atoms with Gasteiger partial charge in [-0.15, -0.1) is 0 Å². The van der Waals surface area contributed by atoms with Crippen LogP contribution in [-0.4, -0.2) is 44.4 Å². The molecule has 1 amide bonds. The molecule has 0 bridgehead atoms. The van der Waals surface area contributed by atoms with E-state index in [4.69, 9.17) is 0 Å². The van der Waals surface area contributed by atoms with Crippen molar-refractivity contribution in [2.45, 2.75) is 12.5 Å². The molecule has 0 radical (unpaired) electrons. The lowest BCUT2D eigenvalue weighted by atomic mass is 10.00. The first-order chi connectivity index (χ1) is 16.8. The van der Waals surface area contributed by atoms with Crippen LogP contribution in [0, 0.1) is 5.82 Å². The minimum absolute atomic E-state index is 0.233. The Morgan fingerprint density at radius 1 is 1.14 bits per heavy atom. The Hall–Kier alpha value is -3.98. The molecule has 178 valence electrons. The summed E-state index contributed by atoms with van der Waals surface area (Å²) in [5, 5.41) is 2.75. The molecular formula is C26H22F3N5O. The number of aromatic nitrogens is 3. The largest absolute Gasteiger partial charge is 0.334 e. The summed E-state index contributed by atoms with van der Waals surface area (Å²) in [5.74, 6) is -3.48. The lowest BCUT2D eigenvalue weighted by molar-refractivity contribution is -0.133. The molecule has 5 rings (SSSR count). The highest BCUT2D eigenvalue weighted by Gasteiger charge is 2.43. The summed E-state index contributed by atoms with van der Waals surface area (Å²) >= 11 is 0. The van der Waals surface area contributed by atoms with Crippen LogP contribution < -0.4 is 5.32 Å². The van der Waals surface area contributed by atoms with Gasteiger partial charge in [0.05, 0.1) is 36.6 Å². The lowest BCUT2D eigenvalue weighted by Crippen LogP contribution is -2.55. The van der Waals surface area contributed by atoms with Gasteiger partial charge in [-0.25, -0.2) is 18.2 Å². The minimum atomic E-state index is -2.59. The molecule has 2 aromatic carbocycles. The normalized spacial score (nSPS) is 15.4. The molecule has 1 aliphatic heterocycles. The van der Waals surface area contributed by atoms with E-state index in [9.17, 15) is 18.0 Å². The maximum Gasteiger partial charge on any atom is 0.272 e. The van der Waals surface area contributed by atoms with Crippen molar-refractivity contribution in [1.82, 2.24) is 19.4 Å². The van der Waals surface area contributed by atoms with Gasteiger partial charge in [-0.1, -0.05) is 18.2 Å². The summed E-state index contributed by atoms with van der Waals surface area (Å²) in [5.41, 5.74) is 4.56. The molecule has 1 N–H and O–H groups in total. The molecule has 0 atom stereocenters. The number of rotatable bonds is 6. The zero-order valence-electron chi connectivity index (χ0n) is 18.9. The summed E-state index contributed by atoms with van der Waals surface area (Å²) in [7, 11) is 1.86. The van der Waals surface area contributed by atoms with Crippen LogP contribution in [0.15, 0.2) is 67.3 Å². The van der Waals surface area contributed by atoms with Crippen molar-refractivity contribution >= 4 is 28.7 Å². The summed E-state index contributed by atoms with van der Waals surface area (Å²) in [4.78, 5) is 22.4. The topological polar surface area (TPSA) is 63.1 Å². The van der Waals surface area contributed by atoms with E-state index in [2.05, 4.69) is 15.3 Å². The van der Waals surface area contributed by atoms with Gasteiger partial charge in [0.15, 0.2) is 0 Å². The fourth-order valence-corrected chi connectivity index (χ4v) is 4.18. The van der Waals surface area contributed by atoms with Crippen LogP contribution in [0.5, 0.6) is 0 Å². The molecule has 0 spiro atoms. The monoisotopic (exact) mass is 477 g/mol. The van der Waals surface area contributed by atoms with Gasteiger partial charge < -0.3 is 9.88 Å². The first kappa shape index (κ1) is 22.8. The second-order valence-electron chi connectivity index (χ2n) is 8.67. The van der Waals surface area contributed by atoms with E-state index in [1.807, 2.05) is 23.7 Å². The van der Waals surface area contributed by atoms with Crippen LogP contribution >= 0.6 is 0 Å². The third-order valence-electron chi connectivity index (χ3n) is 5.89. The number of benzene rings is 2. The van der Waals surface area contributed by atoms with Crippen molar-refractivity contribution in [1.29, 1.82) is 0 Å².